The van der Waals surface area contributed by atoms with Crippen molar-refractivity contribution in [1.82, 2.24) is 14.9 Å². The fourth-order valence-corrected chi connectivity index (χ4v) is 5.65. The third-order valence-electron chi connectivity index (χ3n) is 7.89. The lowest BCUT2D eigenvalue weighted by atomic mass is 9.87. The van der Waals surface area contributed by atoms with Crippen LogP contribution in [0.1, 0.15) is 61.5 Å². The maximum absolute atomic E-state index is 13.3. The highest BCUT2D eigenvalue weighted by Gasteiger charge is 2.37. The van der Waals surface area contributed by atoms with Crippen molar-refractivity contribution >= 4 is 29.0 Å². The number of carbonyl (C=O) groups excluding carboxylic acids is 2. The minimum Gasteiger partial charge on any atom is -0.478 e. The van der Waals surface area contributed by atoms with Gasteiger partial charge in [0.15, 0.2) is 0 Å². The van der Waals surface area contributed by atoms with Crippen LogP contribution in [0.2, 0.25) is 0 Å². The van der Waals surface area contributed by atoms with Crippen LogP contribution in [-0.2, 0) is 16.8 Å². The predicted molar refractivity (Wildman–Crippen MR) is 157 cm³/mol. The van der Waals surface area contributed by atoms with E-state index in [0.29, 0.717) is 48.7 Å². The van der Waals surface area contributed by atoms with Gasteiger partial charge >= 0.3 is 0 Å². The van der Waals surface area contributed by atoms with E-state index in [1.54, 1.807) is 36.4 Å². The van der Waals surface area contributed by atoms with Crippen molar-refractivity contribution in [3.05, 3.63) is 71.5 Å². The van der Waals surface area contributed by atoms with E-state index >= 15 is 0 Å². The molecule has 9 heteroatoms. The van der Waals surface area contributed by atoms with Crippen molar-refractivity contribution in [2.75, 3.05) is 42.3 Å². The second kappa shape index (κ2) is 11.6. The quantitative estimate of drug-likeness (QED) is 0.399. The summed E-state index contributed by atoms with van der Waals surface area (Å²) in [5, 5.41) is 6.27. The number of likely N-dealkylation sites (tertiary alicyclic amines) is 1. The number of hydrogen-bond acceptors (Lipinski definition) is 7. The van der Waals surface area contributed by atoms with E-state index in [2.05, 4.69) is 46.4 Å². The largest absolute Gasteiger partial charge is 0.478 e. The number of anilines is 3. The first kappa shape index (κ1) is 27.6. The maximum atomic E-state index is 13.3. The summed E-state index contributed by atoms with van der Waals surface area (Å²) in [7, 11) is 2.17. The number of hydrogen-bond donors (Lipinski definition) is 2. The molecule has 2 amide bonds. The zero-order chi connectivity index (χ0) is 28.3. The molecule has 0 radical (unpaired) electrons. The Hall–Kier alpha value is -3.98. The smallest absolute Gasteiger partial charge is 0.259 e. The SMILES string of the molecule is CC(=O)N1CC(C)(C)c2ccc(NC(=O)c3cccnc3NCc3ccnc(OCCC4CCCN4C)c3)cc21. The van der Waals surface area contributed by atoms with E-state index in [1.807, 2.05) is 30.3 Å². The second-order valence-corrected chi connectivity index (χ2v) is 11.3. The third-order valence-corrected chi connectivity index (χ3v) is 7.89. The maximum Gasteiger partial charge on any atom is 0.259 e. The summed E-state index contributed by atoms with van der Waals surface area (Å²) < 4.78 is 5.93. The lowest BCUT2D eigenvalue weighted by Gasteiger charge is -2.19. The molecular formula is C31H38N6O3. The average Bonchev–Trinajstić information content (AvgIpc) is 3.47. The van der Waals surface area contributed by atoms with Gasteiger partial charge in [-0.25, -0.2) is 9.97 Å². The molecule has 1 atom stereocenters. The first-order valence-electron chi connectivity index (χ1n) is 13.9. The van der Waals surface area contributed by atoms with Crippen molar-refractivity contribution in [3.8, 4) is 5.88 Å². The molecule has 9 nitrogen and oxygen atoms in total. The van der Waals surface area contributed by atoms with E-state index in [9.17, 15) is 9.59 Å². The Morgan fingerprint density at radius 1 is 1.12 bits per heavy atom. The molecule has 1 unspecified atom stereocenters. The number of nitrogens with zero attached hydrogens (tertiary/aromatic N) is 4. The second-order valence-electron chi connectivity index (χ2n) is 11.3. The molecule has 2 aliphatic rings. The zero-order valence-corrected chi connectivity index (χ0v) is 23.7. The van der Waals surface area contributed by atoms with Crippen molar-refractivity contribution in [3.63, 3.8) is 0 Å². The summed E-state index contributed by atoms with van der Waals surface area (Å²) in [6.45, 7) is 8.67. The van der Waals surface area contributed by atoms with Gasteiger partial charge in [0, 0.05) is 61.3 Å². The Morgan fingerprint density at radius 2 is 1.98 bits per heavy atom. The number of aromatic nitrogens is 2. The molecule has 40 heavy (non-hydrogen) atoms. The van der Waals surface area contributed by atoms with Gasteiger partial charge < -0.3 is 25.2 Å². The molecule has 2 aromatic heterocycles. The van der Waals surface area contributed by atoms with Gasteiger partial charge in [0.05, 0.1) is 12.2 Å². The molecule has 0 saturated carbocycles. The van der Waals surface area contributed by atoms with Crippen LogP contribution >= 0.6 is 0 Å². The number of carbonyl (C=O) groups is 2. The van der Waals surface area contributed by atoms with Gasteiger partial charge in [0.2, 0.25) is 11.8 Å². The summed E-state index contributed by atoms with van der Waals surface area (Å²) in [5.74, 6) is 0.785. The molecular weight excluding hydrogens is 504 g/mol. The molecule has 5 rings (SSSR count). The average molecular weight is 543 g/mol. The Morgan fingerprint density at radius 3 is 2.75 bits per heavy atom. The van der Waals surface area contributed by atoms with Gasteiger partial charge in [-0.05, 0) is 74.3 Å². The minimum atomic E-state index is -0.280. The predicted octanol–water partition coefficient (Wildman–Crippen LogP) is 4.85. The Kier molecular flexibility index (Phi) is 8.02. The number of ether oxygens (including phenoxy) is 1. The van der Waals surface area contributed by atoms with Gasteiger partial charge in [0.25, 0.3) is 5.91 Å². The molecule has 2 aliphatic heterocycles. The van der Waals surface area contributed by atoms with E-state index in [4.69, 9.17) is 4.74 Å². The first-order chi connectivity index (χ1) is 19.2. The fraction of sp³-hybridized carbons (Fsp3) is 0.419. The van der Waals surface area contributed by atoms with Crippen LogP contribution in [0.15, 0.2) is 54.9 Å². The van der Waals surface area contributed by atoms with E-state index in [1.165, 1.54) is 12.8 Å². The molecule has 0 bridgehead atoms. The number of pyridine rings is 2. The van der Waals surface area contributed by atoms with Gasteiger partial charge in [-0.3, -0.25) is 9.59 Å². The zero-order valence-electron chi connectivity index (χ0n) is 23.7. The molecule has 0 spiro atoms. The van der Waals surface area contributed by atoms with Crippen molar-refractivity contribution in [1.29, 1.82) is 0 Å². The summed E-state index contributed by atoms with van der Waals surface area (Å²) in [5.41, 5.74) is 3.82. The fourth-order valence-electron chi connectivity index (χ4n) is 5.65. The molecule has 2 N–H and O–H groups in total. The van der Waals surface area contributed by atoms with Gasteiger partial charge in [0.1, 0.15) is 5.82 Å². The van der Waals surface area contributed by atoms with E-state index in [0.717, 1.165) is 29.8 Å². The standard InChI is InChI=1S/C31H38N6O3/c1-21(38)37-20-31(2,3)26-10-9-23(18-27(26)37)35-30(39)25-8-5-13-33-29(25)34-19-22-11-14-32-28(17-22)40-16-12-24-7-6-15-36(24)4/h5,8-11,13-14,17-18,24H,6-7,12,15-16,19-20H2,1-4H3,(H,33,34)(H,35,39). The molecule has 3 aromatic rings. The number of nitrogens with one attached hydrogen (secondary N) is 2. The summed E-state index contributed by atoms with van der Waals surface area (Å²) in [6, 6.07) is 13.6. The molecule has 1 fully saturated rings. The normalized spacial score (nSPS) is 17.9. The van der Waals surface area contributed by atoms with Crippen LogP contribution in [0.5, 0.6) is 5.88 Å². The summed E-state index contributed by atoms with van der Waals surface area (Å²) >= 11 is 0. The lowest BCUT2D eigenvalue weighted by Crippen LogP contribution is -2.32. The van der Waals surface area contributed by atoms with E-state index in [-0.39, 0.29) is 17.2 Å². The Labute approximate surface area is 236 Å². The van der Waals surface area contributed by atoms with Crippen LogP contribution in [-0.4, -0.2) is 59.5 Å². The monoisotopic (exact) mass is 542 g/mol. The highest BCUT2D eigenvalue weighted by atomic mass is 16.5. The molecule has 210 valence electrons. The Bertz CT molecular complexity index is 1390. The van der Waals surface area contributed by atoms with Crippen molar-refractivity contribution < 1.29 is 14.3 Å². The molecule has 4 heterocycles. The lowest BCUT2D eigenvalue weighted by molar-refractivity contribution is -0.116. The number of benzene rings is 1. The number of amides is 2. The van der Waals surface area contributed by atoms with Crippen LogP contribution in [0.25, 0.3) is 0 Å². The number of fused-ring (bicyclic) bond motifs is 1. The van der Waals surface area contributed by atoms with Crippen LogP contribution in [0.3, 0.4) is 0 Å². The molecule has 1 saturated heterocycles. The summed E-state index contributed by atoms with van der Waals surface area (Å²) in [4.78, 5) is 38.4. The highest BCUT2D eigenvalue weighted by Crippen LogP contribution is 2.41. The molecule has 0 aliphatic carbocycles. The Balaban J connectivity index is 1.22. The van der Waals surface area contributed by atoms with Crippen LogP contribution in [0.4, 0.5) is 17.2 Å². The minimum absolute atomic E-state index is 0.0138. The van der Waals surface area contributed by atoms with Gasteiger partial charge in [-0.2, -0.15) is 0 Å². The summed E-state index contributed by atoms with van der Waals surface area (Å²) in [6.07, 6.45) is 6.85. The highest BCUT2D eigenvalue weighted by molar-refractivity contribution is 6.08. The van der Waals surface area contributed by atoms with Crippen molar-refractivity contribution in [2.24, 2.45) is 0 Å². The first-order valence-corrected chi connectivity index (χ1v) is 13.9. The van der Waals surface area contributed by atoms with Gasteiger partial charge in [-0.1, -0.05) is 19.9 Å². The van der Waals surface area contributed by atoms with Gasteiger partial charge in [-0.15, -0.1) is 0 Å². The topological polar surface area (TPSA) is 99.7 Å². The third kappa shape index (κ3) is 6.09. The molecule has 1 aromatic carbocycles. The van der Waals surface area contributed by atoms with E-state index < -0.39 is 0 Å². The van der Waals surface area contributed by atoms with Crippen molar-refractivity contribution in [2.45, 2.75) is 58.0 Å². The number of rotatable bonds is 9. The van der Waals surface area contributed by atoms with Crippen LogP contribution in [0, 0.1) is 0 Å². The van der Waals surface area contributed by atoms with Crippen LogP contribution < -0.4 is 20.3 Å².